The number of aliphatic hydroxyl groups is 1. The van der Waals surface area contributed by atoms with Gasteiger partial charge in [-0.15, -0.1) is 0 Å². The lowest BCUT2D eigenvalue weighted by molar-refractivity contribution is 0.186. The van der Waals surface area contributed by atoms with Gasteiger partial charge in [0.05, 0.1) is 11.0 Å². The molecular weight excluding hydrogens is 330 g/mol. The summed E-state index contributed by atoms with van der Waals surface area (Å²) >= 11 is 0. The van der Waals surface area contributed by atoms with E-state index >= 15 is 0 Å². The van der Waals surface area contributed by atoms with Gasteiger partial charge in [0.1, 0.15) is 17.6 Å². The highest BCUT2D eigenvalue weighted by molar-refractivity contribution is 6.06. The van der Waals surface area contributed by atoms with Crippen LogP contribution in [0.2, 0.25) is 0 Å². The lowest BCUT2D eigenvalue weighted by Gasteiger charge is -2.45. The van der Waals surface area contributed by atoms with Gasteiger partial charge in [0.2, 0.25) is 11.9 Å². The molecule has 1 aliphatic heterocycles. The molecule has 5 N–H and O–H groups in total. The van der Waals surface area contributed by atoms with E-state index in [1.807, 2.05) is 34.7 Å². The minimum absolute atomic E-state index is 0.246. The minimum atomic E-state index is -0.633. The summed E-state index contributed by atoms with van der Waals surface area (Å²) in [5, 5.41) is 9.93. The van der Waals surface area contributed by atoms with Gasteiger partial charge in [-0.05, 0) is 50.8 Å². The van der Waals surface area contributed by atoms with E-state index in [9.17, 15) is 5.11 Å². The van der Waals surface area contributed by atoms with Crippen molar-refractivity contribution in [3.63, 3.8) is 0 Å². The second-order valence-corrected chi connectivity index (χ2v) is 7.20. The number of aromatic nitrogens is 2. The summed E-state index contributed by atoms with van der Waals surface area (Å²) in [6.45, 7) is 1.71. The number of nitrogens with two attached hydrogens (primary N) is 2. The Morgan fingerprint density at radius 2 is 1.92 bits per heavy atom. The summed E-state index contributed by atoms with van der Waals surface area (Å²) < 4.78 is 1.91. The maximum atomic E-state index is 9.93. The second-order valence-electron chi connectivity index (χ2n) is 7.20. The molecule has 1 aromatic carbocycles. The Labute approximate surface area is 152 Å². The number of hydrogen-bond acceptors (Lipinski definition) is 7. The minimum Gasteiger partial charge on any atom is -0.385 e. The predicted molar refractivity (Wildman–Crippen MR) is 103 cm³/mol. The Balaban J connectivity index is 1.83. The van der Waals surface area contributed by atoms with Gasteiger partial charge in [-0.1, -0.05) is 6.42 Å². The van der Waals surface area contributed by atoms with Gasteiger partial charge in [-0.25, -0.2) is 9.98 Å². The van der Waals surface area contributed by atoms with Crippen molar-refractivity contribution in [1.29, 1.82) is 0 Å². The van der Waals surface area contributed by atoms with Crippen LogP contribution in [0.5, 0.6) is 0 Å². The SMILES string of the molecule is CC(O)c1nc2cc(N3C(N)=NC(N)=NC34CCCCC4)ccc2n1C. The molecule has 2 aromatic rings. The van der Waals surface area contributed by atoms with Crippen LogP contribution in [0.25, 0.3) is 11.0 Å². The fraction of sp³-hybridized carbons (Fsp3) is 0.500. The normalized spacial score (nSPS) is 21.0. The molecule has 1 aromatic heterocycles. The Morgan fingerprint density at radius 3 is 2.62 bits per heavy atom. The first-order chi connectivity index (χ1) is 12.4. The van der Waals surface area contributed by atoms with Gasteiger partial charge in [-0.3, -0.25) is 4.90 Å². The molecule has 1 fully saturated rings. The number of imidazole rings is 1. The third-order valence-corrected chi connectivity index (χ3v) is 5.38. The van der Waals surface area contributed by atoms with Crippen molar-refractivity contribution in [2.75, 3.05) is 4.90 Å². The van der Waals surface area contributed by atoms with Crippen LogP contribution in [0, 0.1) is 0 Å². The number of aliphatic hydroxyl groups excluding tert-OH is 1. The highest BCUT2D eigenvalue weighted by Gasteiger charge is 2.42. The van der Waals surface area contributed by atoms with Gasteiger partial charge in [-0.2, -0.15) is 4.99 Å². The lowest BCUT2D eigenvalue weighted by atomic mass is 9.87. The molecule has 138 valence electrons. The maximum Gasteiger partial charge on any atom is 0.220 e. The number of hydrogen-bond donors (Lipinski definition) is 3. The van der Waals surface area contributed by atoms with Gasteiger partial charge < -0.3 is 21.1 Å². The van der Waals surface area contributed by atoms with E-state index in [2.05, 4.69) is 9.98 Å². The first-order valence-corrected chi connectivity index (χ1v) is 9.05. The number of fused-ring (bicyclic) bond motifs is 1. The molecule has 0 saturated heterocycles. The summed E-state index contributed by atoms with van der Waals surface area (Å²) in [6, 6.07) is 5.98. The van der Waals surface area contributed by atoms with Gasteiger partial charge in [0.25, 0.3) is 0 Å². The number of aliphatic imine (C=N–C) groups is 2. The summed E-state index contributed by atoms with van der Waals surface area (Å²) in [5.41, 5.74) is 14.4. The summed E-state index contributed by atoms with van der Waals surface area (Å²) in [6.07, 6.45) is 4.51. The quantitative estimate of drug-likeness (QED) is 0.758. The fourth-order valence-electron chi connectivity index (χ4n) is 4.21. The number of benzene rings is 1. The first kappa shape index (κ1) is 16.8. The fourth-order valence-corrected chi connectivity index (χ4v) is 4.21. The summed E-state index contributed by atoms with van der Waals surface area (Å²) in [4.78, 5) is 15.5. The van der Waals surface area contributed by atoms with Crippen molar-refractivity contribution in [2.24, 2.45) is 28.5 Å². The number of aryl methyl sites for hydroxylation is 1. The van der Waals surface area contributed by atoms with Crippen molar-refractivity contribution < 1.29 is 5.11 Å². The molecule has 1 unspecified atom stereocenters. The zero-order valence-corrected chi connectivity index (χ0v) is 15.2. The van der Waals surface area contributed by atoms with E-state index in [4.69, 9.17) is 16.5 Å². The summed E-state index contributed by atoms with van der Waals surface area (Å²) in [5.74, 6) is 1.24. The molecule has 1 aliphatic carbocycles. The molecule has 0 radical (unpaired) electrons. The molecule has 0 amide bonds. The molecule has 1 saturated carbocycles. The highest BCUT2D eigenvalue weighted by Crippen LogP contribution is 2.40. The average molecular weight is 355 g/mol. The average Bonchev–Trinajstić information content (AvgIpc) is 2.91. The van der Waals surface area contributed by atoms with Crippen molar-refractivity contribution in [3.8, 4) is 0 Å². The van der Waals surface area contributed by atoms with E-state index in [0.29, 0.717) is 11.8 Å². The number of anilines is 1. The lowest BCUT2D eigenvalue weighted by Crippen LogP contribution is -2.58. The topological polar surface area (TPSA) is 118 Å². The van der Waals surface area contributed by atoms with Crippen molar-refractivity contribution in [3.05, 3.63) is 24.0 Å². The van der Waals surface area contributed by atoms with E-state index < -0.39 is 11.8 Å². The van der Waals surface area contributed by atoms with Crippen molar-refractivity contribution in [2.45, 2.75) is 50.8 Å². The Bertz CT molecular complexity index is 906. The van der Waals surface area contributed by atoms with E-state index in [0.717, 1.165) is 42.4 Å². The van der Waals surface area contributed by atoms with Crippen LogP contribution in [0.4, 0.5) is 5.69 Å². The van der Waals surface area contributed by atoms with E-state index in [-0.39, 0.29) is 5.96 Å². The first-order valence-electron chi connectivity index (χ1n) is 9.05. The molecule has 0 bridgehead atoms. The molecule has 8 nitrogen and oxygen atoms in total. The van der Waals surface area contributed by atoms with Gasteiger partial charge >= 0.3 is 0 Å². The van der Waals surface area contributed by atoms with Crippen LogP contribution in [0.15, 0.2) is 28.2 Å². The molecule has 2 aliphatic rings. The molecule has 1 atom stereocenters. The van der Waals surface area contributed by atoms with Gasteiger partial charge in [0.15, 0.2) is 0 Å². The zero-order chi connectivity index (χ0) is 18.5. The second kappa shape index (κ2) is 5.98. The Kier molecular flexibility index (Phi) is 3.87. The third kappa shape index (κ3) is 2.52. The smallest absolute Gasteiger partial charge is 0.220 e. The molecule has 2 heterocycles. The molecule has 26 heavy (non-hydrogen) atoms. The molecule has 1 spiro atoms. The van der Waals surface area contributed by atoms with Crippen LogP contribution in [0.3, 0.4) is 0 Å². The predicted octanol–water partition coefficient (Wildman–Crippen LogP) is 1.74. The zero-order valence-electron chi connectivity index (χ0n) is 15.2. The number of nitrogens with zero attached hydrogens (tertiary/aromatic N) is 5. The van der Waals surface area contributed by atoms with Crippen LogP contribution in [-0.4, -0.2) is 32.2 Å². The third-order valence-electron chi connectivity index (χ3n) is 5.38. The van der Waals surface area contributed by atoms with Crippen LogP contribution >= 0.6 is 0 Å². The van der Waals surface area contributed by atoms with Gasteiger partial charge in [0, 0.05) is 12.7 Å². The maximum absolute atomic E-state index is 9.93. The van der Waals surface area contributed by atoms with Crippen LogP contribution in [0.1, 0.15) is 51.0 Å². The summed E-state index contributed by atoms with van der Waals surface area (Å²) in [7, 11) is 1.90. The van der Waals surface area contributed by atoms with Crippen molar-refractivity contribution in [1.82, 2.24) is 9.55 Å². The van der Waals surface area contributed by atoms with E-state index in [1.54, 1.807) is 6.92 Å². The Hall–Kier alpha value is -2.61. The van der Waals surface area contributed by atoms with E-state index in [1.165, 1.54) is 6.42 Å². The standard InChI is InChI=1S/C18H25N7O/c1-11(26)15-21-13-10-12(6-7-14(13)24(15)2)25-17(20)22-16(19)23-18(25)8-4-3-5-9-18/h6-7,10-11,26H,3-5,8-9H2,1-2H3,(H4,19,20,22,23). The molecule has 8 heteroatoms. The number of guanidine groups is 2. The monoisotopic (exact) mass is 355 g/mol. The van der Waals surface area contributed by atoms with Crippen molar-refractivity contribution >= 4 is 28.6 Å². The molecular formula is C18H25N7O. The highest BCUT2D eigenvalue weighted by atomic mass is 16.3. The van der Waals surface area contributed by atoms with Crippen LogP contribution < -0.4 is 16.4 Å². The Morgan fingerprint density at radius 1 is 1.19 bits per heavy atom. The van der Waals surface area contributed by atoms with Crippen LogP contribution in [-0.2, 0) is 7.05 Å². The number of rotatable bonds is 2. The molecule has 4 rings (SSSR count). The largest absolute Gasteiger partial charge is 0.385 e.